The number of nitrogens with one attached hydrogen (secondary N) is 1. The first-order chi connectivity index (χ1) is 16.5. The summed E-state index contributed by atoms with van der Waals surface area (Å²) in [5.41, 5.74) is 1.52. The molecule has 35 heavy (non-hydrogen) atoms. The molecule has 4 heterocycles. The van der Waals surface area contributed by atoms with Gasteiger partial charge in [0.1, 0.15) is 11.3 Å². The Balaban J connectivity index is 1.40. The van der Waals surface area contributed by atoms with Gasteiger partial charge in [-0.25, -0.2) is 19.9 Å². The summed E-state index contributed by atoms with van der Waals surface area (Å²) < 4.78 is 46.9. The lowest BCUT2D eigenvalue weighted by molar-refractivity contribution is -0.337. The highest BCUT2D eigenvalue weighted by Gasteiger charge is 2.79. The van der Waals surface area contributed by atoms with Crippen molar-refractivity contribution in [3.8, 4) is 0 Å². The number of ether oxygens (including phenoxy) is 1. The Morgan fingerprint density at radius 2 is 1.74 bits per heavy atom. The van der Waals surface area contributed by atoms with Crippen molar-refractivity contribution in [3.05, 3.63) is 57.2 Å². The van der Waals surface area contributed by atoms with Gasteiger partial charge in [0, 0.05) is 23.6 Å². The predicted molar refractivity (Wildman–Crippen MR) is 121 cm³/mol. The van der Waals surface area contributed by atoms with E-state index < -0.39 is 17.0 Å². The third-order valence-corrected chi connectivity index (χ3v) is 8.15. The normalized spacial score (nSPS) is 32.2. The maximum absolute atomic E-state index is 13.6. The SMILES string of the molecule is Cc1nc2nc(C3CC(C)OC(c4ccc(=O)[nH]c4)C3)nc(C34CC(C(F)(F)F)(C3)C4)c2nc1C. The number of aromatic nitrogens is 5. The van der Waals surface area contributed by atoms with Gasteiger partial charge in [-0.1, -0.05) is 0 Å². The fourth-order valence-corrected chi connectivity index (χ4v) is 6.22. The number of pyridine rings is 1. The van der Waals surface area contributed by atoms with E-state index in [4.69, 9.17) is 14.7 Å². The van der Waals surface area contributed by atoms with Crippen molar-refractivity contribution in [1.82, 2.24) is 24.9 Å². The average Bonchev–Trinajstić information content (AvgIpc) is 2.72. The molecule has 2 bridgehead atoms. The van der Waals surface area contributed by atoms with Gasteiger partial charge in [-0.15, -0.1) is 0 Å². The van der Waals surface area contributed by atoms with Gasteiger partial charge < -0.3 is 9.72 Å². The summed E-state index contributed by atoms with van der Waals surface area (Å²) in [6, 6.07) is 3.22. The zero-order valence-electron chi connectivity index (χ0n) is 19.7. The minimum Gasteiger partial charge on any atom is -0.370 e. The van der Waals surface area contributed by atoms with Crippen LogP contribution in [0.3, 0.4) is 0 Å². The molecular weight excluding hydrogens is 459 g/mol. The maximum Gasteiger partial charge on any atom is 0.394 e. The van der Waals surface area contributed by atoms with Gasteiger partial charge >= 0.3 is 6.18 Å². The van der Waals surface area contributed by atoms with Crippen molar-refractivity contribution in [2.75, 3.05) is 0 Å². The van der Waals surface area contributed by atoms with Gasteiger partial charge in [0.05, 0.1) is 34.7 Å². The first-order valence-electron chi connectivity index (χ1n) is 11.9. The minimum absolute atomic E-state index is 0.0494. The molecule has 184 valence electrons. The zero-order chi connectivity index (χ0) is 24.8. The molecule has 0 radical (unpaired) electrons. The van der Waals surface area contributed by atoms with Gasteiger partial charge in [-0.3, -0.25) is 4.79 Å². The molecule has 4 aliphatic rings. The van der Waals surface area contributed by atoms with Crippen LogP contribution in [0.5, 0.6) is 0 Å². The van der Waals surface area contributed by atoms with Crippen LogP contribution in [0, 0.1) is 19.3 Å². The standard InChI is InChI=1S/C25H26F3N5O2/c1-12-6-16(7-17(35-12)15-4-5-18(34)29-8-15)21-32-20(19-22(33-21)31-14(3)13(2)30-19)23-9-24(10-23,11-23)25(26,27)28/h4-5,8,12,16-17H,6-7,9-11H2,1-3H3,(H,29,34). The summed E-state index contributed by atoms with van der Waals surface area (Å²) >= 11 is 0. The van der Waals surface area contributed by atoms with Crippen molar-refractivity contribution in [2.24, 2.45) is 5.41 Å². The highest BCUT2D eigenvalue weighted by molar-refractivity contribution is 5.75. The lowest BCUT2D eigenvalue weighted by atomic mass is 9.34. The number of hydrogen-bond acceptors (Lipinski definition) is 6. The fraction of sp³-hybridized carbons (Fsp3) is 0.560. The van der Waals surface area contributed by atoms with E-state index in [9.17, 15) is 18.0 Å². The van der Waals surface area contributed by atoms with Crippen molar-refractivity contribution >= 4 is 11.2 Å². The number of alkyl halides is 3. The Kier molecular flexibility index (Phi) is 4.72. The number of halogens is 3. The zero-order valence-corrected chi connectivity index (χ0v) is 19.7. The average molecular weight is 486 g/mol. The maximum atomic E-state index is 13.6. The quantitative estimate of drug-likeness (QED) is 0.576. The molecule has 3 aliphatic carbocycles. The van der Waals surface area contributed by atoms with Crippen LogP contribution >= 0.6 is 0 Å². The summed E-state index contributed by atoms with van der Waals surface area (Å²) in [5.74, 6) is 0.520. The summed E-state index contributed by atoms with van der Waals surface area (Å²) in [6.07, 6.45) is -1.44. The monoisotopic (exact) mass is 485 g/mol. The largest absolute Gasteiger partial charge is 0.394 e. The van der Waals surface area contributed by atoms with Gasteiger partial charge in [-0.2, -0.15) is 13.2 Å². The van der Waals surface area contributed by atoms with Crippen molar-refractivity contribution in [1.29, 1.82) is 0 Å². The van der Waals surface area contributed by atoms with Gasteiger partial charge in [0.15, 0.2) is 5.65 Å². The van der Waals surface area contributed by atoms with Crippen LogP contribution < -0.4 is 5.56 Å². The molecule has 1 aliphatic heterocycles. The van der Waals surface area contributed by atoms with E-state index in [0.29, 0.717) is 35.5 Å². The Labute approximate surface area is 199 Å². The summed E-state index contributed by atoms with van der Waals surface area (Å²) in [4.78, 5) is 33.2. The van der Waals surface area contributed by atoms with Crippen LogP contribution in [0.1, 0.15) is 79.5 Å². The van der Waals surface area contributed by atoms with Crippen LogP contribution in [0.15, 0.2) is 23.1 Å². The molecule has 7 rings (SSSR count). The van der Waals surface area contributed by atoms with Crippen molar-refractivity contribution < 1.29 is 17.9 Å². The second kappa shape index (κ2) is 7.32. The molecule has 3 saturated carbocycles. The molecule has 3 aromatic heterocycles. The molecule has 3 aromatic rings. The summed E-state index contributed by atoms with van der Waals surface area (Å²) in [6.45, 7) is 5.67. The van der Waals surface area contributed by atoms with E-state index >= 15 is 0 Å². The number of H-pyrrole nitrogens is 1. The molecule has 0 aromatic carbocycles. The number of hydrogen-bond donors (Lipinski definition) is 1. The second-order valence-electron chi connectivity index (χ2n) is 10.7. The molecule has 1 saturated heterocycles. The smallest absolute Gasteiger partial charge is 0.370 e. The van der Waals surface area contributed by atoms with Gasteiger partial charge in [-0.05, 0) is 64.5 Å². The number of rotatable bonds is 3. The van der Waals surface area contributed by atoms with Crippen LogP contribution in [0.2, 0.25) is 0 Å². The molecule has 3 atom stereocenters. The Morgan fingerprint density at radius 1 is 1.03 bits per heavy atom. The van der Waals surface area contributed by atoms with Gasteiger partial charge in [0.25, 0.3) is 0 Å². The summed E-state index contributed by atoms with van der Waals surface area (Å²) in [5, 5.41) is 0. The number of nitrogens with zero attached hydrogens (tertiary/aromatic N) is 4. The molecule has 1 N–H and O–H groups in total. The second-order valence-corrected chi connectivity index (χ2v) is 10.7. The van der Waals surface area contributed by atoms with Crippen molar-refractivity contribution in [3.63, 3.8) is 0 Å². The molecule has 4 fully saturated rings. The third kappa shape index (κ3) is 3.40. The molecule has 7 nitrogen and oxygen atoms in total. The highest BCUT2D eigenvalue weighted by atomic mass is 19.4. The van der Waals surface area contributed by atoms with E-state index in [1.165, 1.54) is 6.07 Å². The van der Waals surface area contributed by atoms with E-state index in [-0.39, 0.29) is 42.9 Å². The van der Waals surface area contributed by atoms with E-state index in [2.05, 4.69) is 15.0 Å². The van der Waals surface area contributed by atoms with Crippen LogP contribution in [0.25, 0.3) is 11.2 Å². The van der Waals surface area contributed by atoms with E-state index in [0.717, 1.165) is 17.0 Å². The molecule has 0 spiro atoms. The first-order valence-corrected chi connectivity index (χ1v) is 11.9. The highest BCUT2D eigenvalue weighted by Crippen LogP contribution is 2.78. The van der Waals surface area contributed by atoms with E-state index in [1.54, 1.807) is 12.3 Å². The minimum atomic E-state index is -4.20. The number of aromatic amines is 1. The molecular formula is C25H26F3N5O2. The van der Waals surface area contributed by atoms with Crippen LogP contribution in [-0.4, -0.2) is 37.2 Å². The molecule has 0 amide bonds. The first kappa shape index (κ1) is 22.6. The fourth-order valence-electron chi connectivity index (χ4n) is 6.22. The van der Waals surface area contributed by atoms with Crippen LogP contribution in [-0.2, 0) is 10.2 Å². The van der Waals surface area contributed by atoms with Crippen LogP contribution in [0.4, 0.5) is 13.2 Å². The Hall–Kier alpha value is -2.88. The lowest BCUT2D eigenvalue weighted by Gasteiger charge is -2.70. The Morgan fingerprint density at radius 3 is 2.40 bits per heavy atom. The predicted octanol–water partition coefficient (Wildman–Crippen LogP) is 4.73. The Bertz CT molecular complexity index is 1360. The molecule has 10 heteroatoms. The van der Waals surface area contributed by atoms with E-state index in [1.807, 2.05) is 20.8 Å². The third-order valence-electron chi connectivity index (χ3n) is 8.15. The number of aryl methyl sites for hydroxylation is 2. The summed E-state index contributed by atoms with van der Waals surface area (Å²) in [7, 11) is 0. The van der Waals surface area contributed by atoms with Gasteiger partial charge in [0.2, 0.25) is 5.56 Å². The van der Waals surface area contributed by atoms with Crippen molar-refractivity contribution in [2.45, 2.75) is 82.6 Å². The molecule has 3 unspecified atom stereocenters. The number of fused-ring (bicyclic) bond motifs is 1. The lowest BCUT2D eigenvalue weighted by Crippen LogP contribution is -2.70. The topological polar surface area (TPSA) is 93.7 Å².